The number of nitrogens with one attached hydrogen (secondary N) is 2. The second kappa shape index (κ2) is 8.37. The highest BCUT2D eigenvalue weighted by Gasteiger charge is 2.68. The van der Waals surface area contributed by atoms with E-state index in [1.54, 1.807) is 29.1 Å². The summed E-state index contributed by atoms with van der Waals surface area (Å²) in [4.78, 5) is 8.45. The average molecular weight is 484 g/mol. The summed E-state index contributed by atoms with van der Waals surface area (Å²) in [5.41, 5.74) is 7.36. The smallest absolute Gasteiger partial charge is 0.164 e. The fourth-order valence-corrected chi connectivity index (χ4v) is 5.96. The lowest BCUT2D eigenvalue weighted by atomic mass is 9.42. The van der Waals surface area contributed by atoms with Gasteiger partial charge in [-0.2, -0.15) is 5.10 Å². The Balaban J connectivity index is 1.09. The number of alkyl halides is 1. The lowest BCUT2D eigenvalue weighted by molar-refractivity contribution is -0.209. The third-order valence-corrected chi connectivity index (χ3v) is 7.59. The highest BCUT2D eigenvalue weighted by Crippen LogP contribution is 2.69. The number of allylic oxidation sites excluding steroid dienone is 1. The summed E-state index contributed by atoms with van der Waals surface area (Å²) in [6, 6.07) is 1.80. The van der Waals surface area contributed by atoms with Gasteiger partial charge in [0.15, 0.2) is 6.23 Å². The minimum atomic E-state index is -1.16. The van der Waals surface area contributed by atoms with E-state index in [0.717, 1.165) is 25.9 Å². The van der Waals surface area contributed by atoms with Crippen LogP contribution in [-0.2, 0) is 4.74 Å². The van der Waals surface area contributed by atoms with Crippen molar-refractivity contribution in [2.24, 2.45) is 5.41 Å². The highest BCUT2D eigenvalue weighted by molar-refractivity contribution is 5.99. The maximum absolute atomic E-state index is 13.6. The van der Waals surface area contributed by atoms with E-state index in [4.69, 9.17) is 10.5 Å². The largest absolute Gasteiger partial charge is 0.387 e. The van der Waals surface area contributed by atoms with E-state index < -0.39 is 30.2 Å². The first-order valence-electron chi connectivity index (χ1n) is 12.1. The van der Waals surface area contributed by atoms with Crippen LogP contribution < -0.4 is 11.1 Å². The van der Waals surface area contributed by atoms with Crippen LogP contribution in [0, 0.1) is 5.41 Å². The number of unbranched alkanes of at least 4 members (excludes halogenated alkanes) is 1. The minimum absolute atomic E-state index is 0.215. The molecule has 1 aliphatic heterocycles. The van der Waals surface area contributed by atoms with Gasteiger partial charge in [0.05, 0.1) is 11.1 Å². The number of aliphatic hydroxyl groups excluding tert-OH is 2. The Hall–Kier alpha value is -2.86. The third-order valence-electron chi connectivity index (χ3n) is 7.59. The summed E-state index contributed by atoms with van der Waals surface area (Å²) in [6.07, 6.45) is 8.71. The molecule has 3 aliphatic carbocycles. The predicted octanol–water partition coefficient (Wildman–Crippen LogP) is 1.84. The number of anilines is 1. The van der Waals surface area contributed by atoms with Crippen LogP contribution in [0.25, 0.3) is 22.3 Å². The van der Waals surface area contributed by atoms with E-state index in [2.05, 4.69) is 25.5 Å². The molecule has 0 unspecified atom stereocenters. The molecule has 11 heteroatoms. The van der Waals surface area contributed by atoms with Crippen LogP contribution in [0.1, 0.15) is 38.3 Å². The molecule has 10 nitrogen and oxygen atoms in total. The van der Waals surface area contributed by atoms with Gasteiger partial charge >= 0.3 is 0 Å². The summed E-state index contributed by atoms with van der Waals surface area (Å²) >= 11 is 0. The molecule has 4 aliphatic rings. The Morgan fingerprint density at radius 3 is 2.86 bits per heavy atom. The van der Waals surface area contributed by atoms with Crippen LogP contribution >= 0.6 is 0 Å². The Morgan fingerprint density at radius 1 is 1.29 bits per heavy atom. The summed E-state index contributed by atoms with van der Waals surface area (Å²) in [5, 5.41) is 32.5. The molecule has 0 radical (unpaired) electrons. The molecule has 1 saturated heterocycles. The van der Waals surface area contributed by atoms with Crippen molar-refractivity contribution >= 4 is 16.9 Å². The summed E-state index contributed by atoms with van der Waals surface area (Å²) in [7, 11) is 0. The van der Waals surface area contributed by atoms with Crippen molar-refractivity contribution in [1.82, 2.24) is 30.0 Å². The van der Waals surface area contributed by atoms with Gasteiger partial charge in [0, 0.05) is 24.5 Å². The van der Waals surface area contributed by atoms with Crippen molar-refractivity contribution in [2.75, 3.05) is 18.8 Å². The molecule has 3 aromatic rings. The van der Waals surface area contributed by atoms with E-state index in [-0.39, 0.29) is 5.41 Å². The van der Waals surface area contributed by atoms with Gasteiger partial charge in [0.2, 0.25) is 0 Å². The molecule has 186 valence electrons. The highest BCUT2D eigenvalue weighted by atomic mass is 19.1. The number of aromatic amines is 1. The number of nitrogen functional groups attached to an aromatic ring is 1. The Bertz CT molecular complexity index is 1220. The van der Waals surface area contributed by atoms with Crippen LogP contribution in [0.3, 0.4) is 0 Å². The van der Waals surface area contributed by atoms with Crippen LogP contribution in [0.15, 0.2) is 36.9 Å². The van der Waals surface area contributed by atoms with Gasteiger partial charge < -0.3 is 30.6 Å². The molecule has 4 heterocycles. The van der Waals surface area contributed by atoms with Gasteiger partial charge in [-0.1, -0.05) is 12.2 Å². The quantitative estimate of drug-likeness (QED) is 0.229. The van der Waals surface area contributed by atoms with Crippen molar-refractivity contribution in [1.29, 1.82) is 0 Å². The van der Waals surface area contributed by atoms with Gasteiger partial charge in [0.1, 0.15) is 41.8 Å². The number of nitrogens with zero attached hydrogens (tertiary/aromatic N) is 4. The summed E-state index contributed by atoms with van der Waals surface area (Å²) in [5.74, 6) is 0.295. The summed E-state index contributed by atoms with van der Waals surface area (Å²) < 4.78 is 21.3. The number of fused-ring (bicyclic) bond motifs is 1. The molecule has 3 aromatic heterocycles. The molecule has 0 spiro atoms. The minimum Gasteiger partial charge on any atom is -0.387 e. The number of halogens is 1. The zero-order valence-electron chi connectivity index (χ0n) is 19.3. The molecule has 35 heavy (non-hydrogen) atoms. The first kappa shape index (κ1) is 22.6. The number of H-pyrrole nitrogens is 1. The number of nitrogens with two attached hydrogens (primary N) is 1. The van der Waals surface area contributed by atoms with E-state index >= 15 is 0 Å². The van der Waals surface area contributed by atoms with Crippen molar-refractivity contribution in [3.05, 3.63) is 36.9 Å². The molecular weight excluding hydrogens is 453 g/mol. The number of hydrogen-bond donors (Lipinski definition) is 5. The second-order valence-electron chi connectivity index (χ2n) is 10.3. The van der Waals surface area contributed by atoms with Crippen LogP contribution in [0.5, 0.6) is 0 Å². The van der Waals surface area contributed by atoms with Crippen LogP contribution in [0.2, 0.25) is 0 Å². The number of aliphatic hydroxyl groups is 2. The van der Waals surface area contributed by atoms with Gasteiger partial charge in [-0.05, 0) is 50.1 Å². The number of aromatic nitrogens is 5. The molecular formula is C24H30FN7O3. The third kappa shape index (κ3) is 3.83. The Labute approximate surface area is 201 Å². The van der Waals surface area contributed by atoms with Crippen molar-refractivity contribution in [3.63, 3.8) is 0 Å². The lowest BCUT2D eigenvalue weighted by Gasteiger charge is -2.66. The fraction of sp³-hybridized carbons (Fsp3) is 0.542. The Morgan fingerprint density at radius 2 is 2.11 bits per heavy atom. The maximum Gasteiger partial charge on any atom is 0.164 e. The monoisotopic (exact) mass is 483 g/mol. The zero-order valence-corrected chi connectivity index (χ0v) is 19.3. The number of ether oxygens (including phenoxy) is 1. The van der Waals surface area contributed by atoms with Crippen LogP contribution in [0.4, 0.5) is 10.2 Å². The van der Waals surface area contributed by atoms with Crippen molar-refractivity contribution < 1.29 is 19.3 Å². The van der Waals surface area contributed by atoms with Gasteiger partial charge in [-0.15, -0.1) is 0 Å². The first-order chi connectivity index (χ1) is 16.9. The van der Waals surface area contributed by atoms with Crippen LogP contribution in [-0.4, -0.2) is 72.0 Å². The van der Waals surface area contributed by atoms with E-state index in [1.807, 2.05) is 6.08 Å². The standard InChI is InChI=1S/C24H30FN7O3/c25-24-9-23(10-24,11-24)12-27-6-3-1-2-4-16-18(33)19(34)22(35-16)32-8-14(15-5-7-30-31-15)17-20(26)28-13-29-21(17)32/h2,4-5,7-8,13,16,18-19,22,27,33-34H,1,3,6,9-12H2,(H,30,31)(H2,26,28,29)/b4-2+/t16-,18-,19-,22-,23?,24?/m1/s1. The van der Waals surface area contributed by atoms with E-state index in [9.17, 15) is 14.6 Å². The second-order valence-corrected chi connectivity index (χ2v) is 10.3. The molecule has 2 bridgehead atoms. The van der Waals surface area contributed by atoms with E-state index in [1.165, 1.54) is 6.33 Å². The van der Waals surface area contributed by atoms with Crippen molar-refractivity contribution in [2.45, 2.75) is 62.3 Å². The lowest BCUT2D eigenvalue weighted by Crippen LogP contribution is -2.67. The van der Waals surface area contributed by atoms with Gasteiger partial charge in [0.25, 0.3) is 0 Å². The predicted molar refractivity (Wildman–Crippen MR) is 127 cm³/mol. The molecule has 4 fully saturated rings. The fourth-order valence-electron chi connectivity index (χ4n) is 5.96. The van der Waals surface area contributed by atoms with Gasteiger partial charge in [-0.3, -0.25) is 5.10 Å². The first-order valence-corrected chi connectivity index (χ1v) is 12.1. The summed E-state index contributed by atoms with van der Waals surface area (Å²) in [6.45, 7) is 1.75. The molecule has 6 N–H and O–H groups in total. The number of rotatable bonds is 9. The maximum atomic E-state index is 13.6. The van der Waals surface area contributed by atoms with E-state index in [0.29, 0.717) is 47.4 Å². The van der Waals surface area contributed by atoms with Crippen molar-refractivity contribution in [3.8, 4) is 11.3 Å². The normalized spacial score (nSPS) is 33.9. The zero-order chi connectivity index (χ0) is 24.2. The Kier molecular flexibility index (Phi) is 5.40. The topological polar surface area (TPSA) is 147 Å². The average Bonchev–Trinajstić information content (AvgIpc) is 3.51. The molecule has 3 saturated carbocycles. The molecule has 4 atom stereocenters. The molecule has 7 rings (SSSR count). The SMILES string of the molecule is Nc1ncnc2c1c(-c1cc[nH]n1)cn2[C@@H]1O[C@H](/C=C/CCCNCC23CC(F)(C2)C3)[C@@H](O)[C@H]1O. The van der Waals surface area contributed by atoms with Gasteiger partial charge in [-0.25, -0.2) is 14.4 Å². The molecule has 0 amide bonds. The molecule has 0 aromatic carbocycles. The number of hydrogen-bond acceptors (Lipinski definition) is 8.